The molecule has 3 aliphatic rings. The molecule has 2 atom stereocenters. The van der Waals surface area contributed by atoms with Gasteiger partial charge < -0.3 is 10.4 Å². The highest BCUT2D eigenvalue weighted by atomic mass is 35.5. The van der Waals surface area contributed by atoms with Crippen LogP contribution in [0, 0.1) is 29.0 Å². The third kappa shape index (κ3) is 5.52. The number of halogens is 3. The molecule has 1 aromatic heterocycles. The molecular formula is C31H36Cl2FN5O2. The van der Waals surface area contributed by atoms with Crippen LogP contribution < -0.4 is 10.6 Å². The zero-order valence-electron chi connectivity index (χ0n) is 23.1. The molecule has 6 rings (SSSR count). The number of benzene rings is 2. The summed E-state index contributed by atoms with van der Waals surface area (Å²) in [6.07, 6.45) is 7.52. The molecule has 3 aromatic rings. The summed E-state index contributed by atoms with van der Waals surface area (Å²) in [6.45, 7) is 3.27. The highest BCUT2D eigenvalue weighted by Gasteiger charge is 2.52. The normalized spacial score (nSPS) is 26.5. The van der Waals surface area contributed by atoms with Crippen molar-refractivity contribution in [3.8, 4) is 11.4 Å². The van der Waals surface area contributed by atoms with E-state index in [-0.39, 0.29) is 34.0 Å². The number of amides is 1. The van der Waals surface area contributed by atoms with Gasteiger partial charge in [-0.2, -0.15) is 5.10 Å². The molecule has 3 N–H and O–H groups in total. The van der Waals surface area contributed by atoms with Crippen molar-refractivity contribution in [3.05, 3.63) is 69.7 Å². The number of nitrogens with one attached hydrogen (secondary N) is 2. The summed E-state index contributed by atoms with van der Waals surface area (Å²) in [7, 11) is 0. The third-order valence-corrected chi connectivity index (χ3v) is 10.5. The zero-order valence-corrected chi connectivity index (χ0v) is 24.6. The molecule has 1 heterocycles. The number of rotatable bonds is 10. The van der Waals surface area contributed by atoms with Gasteiger partial charge in [0.25, 0.3) is 5.91 Å². The fraction of sp³-hybridized carbons (Fsp3) is 0.516. The molecule has 0 saturated heterocycles. The summed E-state index contributed by atoms with van der Waals surface area (Å²) in [4.78, 5) is 17.1. The Balaban J connectivity index is 1.05. The van der Waals surface area contributed by atoms with Crippen molar-refractivity contribution in [2.45, 2.75) is 70.7 Å². The molecule has 10 heteroatoms. The van der Waals surface area contributed by atoms with Crippen LogP contribution in [0.1, 0.15) is 73.8 Å². The van der Waals surface area contributed by atoms with Crippen LogP contribution in [-0.2, 0) is 6.54 Å². The number of hydrogen-bond acceptors (Lipinski definition) is 5. The molecule has 3 saturated carbocycles. The summed E-state index contributed by atoms with van der Waals surface area (Å²) in [6, 6.07) is 9.82. The van der Waals surface area contributed by atoms with E-state index in [9.17, 15) is 9.90 Å². The number of aliphatic hydroxyl groups is 1. The Morgan fingerprint density at radius 2 is 1.90 bits per heavy atom. The zero-order chi connectivity index (χ0) is 28.7. The molecule has 3 fully saturated rings. The van der Waals surface area contributed by atoms with E-state index in [0.29, 0.717) is 28.6 Å². The van der Waals surface area contributed by atoms with E-state index in [1.54, 1.807) is 12.1 Å². The fourth-order valence-electron chi connectivity index (χ4n) is 7.36. The van der Waals surface area contributed by atoms with Crippen LogP contribution in [-0.4, -0.2) is 38.6 Å². The third-order valence-electron chi connectivity index (χ3n) is 9.70. The van der Waals surface area contributed by atoms with Crippen molar-refractivity contribution in [3.63, 3.8) is 0 Å². The van der Waals surface area contributed by atoms with E-state index in [1.165, 1.54) is 18.5 Å². The Kier molecular flexibility index (Phi) is 8.11. The van der Waals surface area contributed by atoms with Crippen LogP contribution in [0.15, 0.2) is 42.7 Å². The van der Waals surface area contributed by atoms with Gasteiger partial charge >= 0.3 is 0 Å². The monoisotopic (exact) mass is 599 g/mol. The highest BCUT2D eigenvalue weighted by Crippen LogP contribution is 2.61. The van der Waals surface area contributed by atoms with E-state index in [1.807, 2.05) is 23.7 Å². The van der Waals surface area contributed by atoms with Crippen molar-refractivity contribution in [2.24, 2.45) is 23.2 Å². The van der Waals surface area contributed by atoms with Crippen molar-refractivity contribution in [1.82, 2.24) is 25.4 Å². The molecule has 0 spiro atoms. The second kappa shape index (κ2) is 11.6. The molecule has 3 aliphatic carbocycles. The second-order valence-electron chi connectivity index (χ2n) is 12.1. The molecule has 7 nitrogen and oxygen atoms in total. The van der Waals surface area contributed by atoms with E-state index < -0.39 is 12.3 Å². The Bertz CT molecular complexity index is 1400. The molecule has 41 heavy (non-hydrogen) atoms. The van der Waals surface area contributed by atoms with Gasteiger partial charge in [0.2, 0.25) is 0 Å². The lowest BCUT2D eigenvalue weighted by atomic mass is 9.71. The molecule has 1 amide bonds. The van der Waals surface area contributed by atoms with E-state index in [4.69, 9.17) is 23.2 Å². The predicted octanol–water partition coefficient (Wildman–Crippen LogP) is 6.40. The Labute approximate surface area is 249 Å². The van der Waals surface area contributed by atoms with Gasteiger partial charge in [-0.1, -0.05) is 35.3 Å². The van der Waals surface area contributed by atoms with Crippen LogP contribution in [0.2, 0.25) is 10.0 Å². The number of nitrogens with zero attached hydrogens (tertiary/aromatic N) is 3. The first-order valence-corrected chi connectivity index (χ1v) is 15.4. The van der Waals surface area contributed by atoms with Gasteiger partial charge in [-0.05, 0) is 99.3 Å². The van der Waals surface area contributed by atoms with Crippen LogP contribution in [0.25, 0.3) is 11.4 Å². The number of aromatic nitrogens is 3. The minimum atomic E-state index is -0.798. The number of aliphatic hydroxyl groups excluding tert-OH is 1. The van der Waals surface area contributed by atoms with Gasteiger partial charge in [-0.15, -0.1) is 0 Å². The summed E-state index contributed by atoms with van der Waals surface area (Å²) < 4.78 is 17.0. The molecule has 2 aromatic carbocycles. The SMILES string of the molecule is CCn1ncnc1-c1ccc(C(=O)NCC2CC(C(O)N[C@H](c3c(F)ccc(Cl)c3Cl)C34CCC(CC3)C4)C2)cc1. The van der Waals surface area contributed by atoms with Crippen LogP contribution in [0.4, 0.5) is 4.39 Å². The highest BCUT2D eigenvalue weighted by molar-refractivity contribution is 6.42. The smallest absolute Gasteiger partial charge is 0.251 e. The number of aryl methyl sites for hydroxylation is 1. The summed E-state index contributed by atoms with van der Waals surface area (Å²) in [5, 5.41) is 22.4. The first-order valence-electron chi connectivity index (χ1n) is 14.6. The van der Waals surface area contributed by atoms with Crippen LogP contribution >= 0.6 is 23.2 Å². The lowest BCUT2D eigenvalue weighted by Crippen LogP contribution is -2.49. The van der Waals surface area contributed by atoms with Crippen LogP contribution in [0.5, 0.6) is 0 Å². The molecular weight excluding hydrogens is 564 g/mol. The summed E-state index contributed by atoms with van der Waals surface area (Å²) >= 11 is 12.9. The predicted molar refractivity (Wildman–Crippen MR) is 157 cm³/mol. The van der Waals surface area contributed by atoms with Gasteiger partial charge in [0.05, 0.1) is 10.0 Å². The van der Waals surface area contributed by atoms with E-state index in [0.717, 1.165) is 62.9 Å². The maximum Gasteiger partial charge on any atom is 0.251 e. The largest absolute Gasteiger partial charge is 0.378 e. The lowest BCUT2D eigenvalue weighted by Gasteiger charge is -2.44. The van der Waals surface area contributed by atoms with Crippen molar-refractivity contribution in [1.29, 1.82) is 0 Å². The average Bonchev–Trinajstić information content (AvgIpc) is 3.71. The molecule has 2 bridgehead atoms. The Morgan fingerprint density at radius 1 is 1.17 bits per heavy atom. The van der Waals surface area contributed by atoms with Crippen LogP contribution in [0.3, 0.4) is 0 Å². The molecule has 0 aliphatic heterocycles. The van der Waals surface area contributed by atoms with Gasteiger partial charge in [0.15, 0.2) is 5.82 Å². The van der Waals surface area contributed by atoms with Gasteiger partial charge in [-0.25, -0.2) is 14.1 Å². The second-order valence-corrected chi connectivity index (χ2v) is 12.9. The van der Waals surface area contributed by atoms with E-state index >= 15 is 4.39 Å². The fourth-order valence-corrected chi connectivity index (χ4v) is 7.79. The molecule has 218 valence electrons. The lowest BCUT2D eigenvalue weighted by molar-refractivity contribution is -0.0175. The minimum Gasteiger partial charge on any atom is -0.378 e. The Hall–Kier alpha value is -2.52. The van der Waals surface area contributed by atoms with Gasteiger partial charge in [0.1, 0.15) is 18.4 Å². The van der Waals surface area contributed by atoms with Gasteiger partial charge in [0, 0.05) is 35.8 Å². The number of carbonyl (C=O) groups excluding carboxylic acids is 1. The number of hydrogen-bond donors (Lipinski definition) is 3. The maximum atomic E-state index is 15.2. The summed E-state index contributed by atoms with van der Waals surface area (Å²) in [5.41, 5.74) is 1.75. The number of fused-ring (bicyclic) bond motifs is 2. The Morgan fingerprint density at radius 3 is 2.56 bits per heavy atom. The topological polar surface area (TPSA) is 92.1 Å². The summed E-state index contributed by atoms with van der Waals surface area (Å²) in [5.74, 6) is 1.21. The first kappa shape index (κ1) is 28.6. The maximum absolute atomic E-state index is 15.2. The van der Waals surface area contributed by atoms with Crippen molar-refractivity contribution >= 4 is 29.1 Å². The van der Waals surface area contributed by atoms with Crippen molar-refractivity contribution in [2.75, 3.05) is 6.54 Å². The quantitative estimate of drug-likeness (QED) is 0.185. The van der Waals surface area contributed by atoms with Gasteiger partial charge in [-0.3, -0.25) is 10.1 Å². The number of carbonyl (C=O) groups is 1. The molecule has 0 radical (unpaired) electrons. The average molecular weight is 601 g/mol. The van der Waals surface area contributed by atoms with E-state index in [2.05, 4.69) is 20.7 Å². The standard InChI is InChI=1S/C31H36Cl2FN5O2/c1-2-39-28(36-17-37-39)20-3-5-21(6-4-20)29(40)35-16-19-13-22(14-19)30(41)38-27(31-11-9-18(15-31)10-12-31)25-24(34)8-7-23(32)26(25)33/h3-8,17-19,22,27,30,38,41H,2,9-16H2,1H3,(H,35,40)/t18?,19?,22?,27-,30?,31?/m1/s1. The molecule has 1 unspecified atom stereocenters. The minimum absolute atomic E-state index is 0.0191. The van der Waals surface area contributed by atoms with Crippen molar-refractivity contribution < 1.29 is 14.3 Å². The first-order chi connectivity index (χ1) is 19.8.